The fourth-order valence-electron chi connectivity index (χ4n) is 1.61. The Morgan fingerprint density at radius 1 is 1.50 bits per heavy atom. The molecule has 3 heteroatoms. The normalized spacial score (nSPS) is 14.4. The molecule has 0 saturated heterocycles. The van der Waals surface area contributed by atoms with Crippen LogP contribution >= 0.6 is 27.3 Å². The van der Waals surface area contributed by atoms with Gasteiger partial charge in [0.1, 0.15) is 0 Å². The Morgan fingerprint density at radius 2 is 2.14 bits per heavy atom. The lowest BCUT2D eigenvalue weighted by atomic mass is 9.81. The van der Waals surface area contributed by atoms with Gasteiger partial charge in [0.2, 0.25) is 0 Å². The number of halogens is 1. The van der Waals surface area contributed by atoms with E-state index >= 15 is 0 Å². The van der Waals surface area contributed by atoms with Crippen LogP contribution in [-0.2, 0) is 0 Å². The molecule has 14 heavy (non-hydrogen) atoms. The number of thiophene rings is 1. The molecule has 0 saturated carbocycles. The van der Waals surface area contributed by atoms with Gasteiger partial charge in [-0.3, -0.25) is 0 Å². The highest BCUT2D eigenvalue weighted by atomic mass is 79.9. The lowest BCUT2D eigenvalue weighted by molar-refractivity contribution is 0.249. The second kappa shape index (κ2) is 4.77. The monoisotopic (exact) mass is 275 g/mol. The Bertz CT molecular complexity index is 293. The number of hydrogen-bond acceptors (Lipinski definition) is 2. The molecule has 1 aromatic heterocycles. The van der Waals surface area contributed by atoms with Crippen LogP contribution in [-0.4, -0.2) is 7.05 Å². The molecule has 1 heterocycles. The van der Waals surface area contributed by atoms with Gasteiger partial charge in [-0.25, -0.2) is 0 Å². The molecular formula is C11H18BrNS. The van der Waals surface area contributed by atoms with Crippen molar-refractivity contribution in [3.05, 3.63) is 20.8 Å². The average molecular weight is 276 g/mol. The van der Waals surface area contributed by atoms with Crippen molar-refractivity contribution >= 4 is 27.3 Å². The molecule has 0 aliphatic heterocycles. The third kappa shape index (κ3) is 2.59. The van der Waals surface area contributed by atoms with E-state index in [1.54, 1.807) is 0 Å². The molecule has 1 unspecified atom stereocenters. The first kappa shape index (κ1) is 12.2. The van der Waals surface area contributed by atoms with Crippen LogP contribution in [0.1, 0.15) is 38.1 Å². The lowest BCUT2D eigenvalue weighted by Gasteiger charge is -2.32. The zero-order chi connectivity index (χ0) is 10.8. The number of rotatable bonds is 4. The SMILES string of the molecule is CCC(C)(C)C(NC)c1ccc(Br)s1. The average Bonchev–Trinajstić information content (AvgIpc) is 2.53. The molecule has 1 N–H and O–H groups in total. The Balaban J connectivity index is 2.92. The molecule has 0 fully saturated rings. The maximum atomic E-state index is 3.51. The molecule has 1 nitrogen and oxygen atoms in total. The summed E-state index contributed by atoms with van der Waals surface area (Å²) in [6, 6.07) is 4.77. The van der Waals surface area contributed by atoms with Gasteiger partial charge >= 0.3 is 0 Å². The molecule has 0 aliphatic carbocycles. The van der Waals surface area contributed by atoms with E-state index in [2.05, 4.69) is 54.2 Å². The summed E-state index contributed by atoms with van der Waals surface area (Å²) in [5, 5.41) is 3.41. The van der Waals surface area contributed by atoms with Crippen LogP contribution in [0.5, 0.6) is 0 Å². The largest absolute Gasteiger partial charge is 0.312 e. The van der Waals surface area contributed by atoms with E-state index in [0.717, 1.165) is 0 Å². The second-order valence-electron chi connectivity index (χ2n) is 4.21. The zero-order valence-electron chi connectivity index (χ0n) is 9.23. The molecule has 0 bridgehead atoms. The van der Waals surface area contributed by atoms with Crippen LogP contribution in [0.15, 0.2) is 15.9 Å². The maximum Gasteiger partial charge on any atom is 0.0701 e. The summed E-state index contributed by atoms with van der Waals surface area (Å²) in [6.07, 6.45) is 1.17. The van der Waals surface area contributed by atoms with Gasteiger partial charge in [-0.2, -0.15) is 0 Å². The van der Waals surface area contributed by atoms with E-state index < -0.39 is 0 Å². The molecule has 80 valence electrons. The van der Waals surface area contributed by atoms with E-state index in [0.29, 0.717) is 11.5 Å². The highest BCUT2D eigenvalue weighted by Gasteiger charge is 2.28. The van der Waals surface area contributed by atoms with Gasteiger partial charge in [-0.1, -0.05) is 20.8 Å². The molecule has 1 rings (SSSR count). The van der Waals surface area contributed by atoms with Crippen molar-refractivity contribution in [3.63, 3.8) is 0 Å². The minimum atomic E-state index is 0.305. The van der Waals surface area contributed by atoms with E-state index in [4.69, 9.17) is 0 Å². The van der Waals surface area contributed by atoms with Crippen LogP contribution in [0, 0.1) is 5.41 Å². The van der Waals surface area contributed by atoms with Crippen molar-refractivity contribution in [3.8, 4) is 0 Å². The maximum absolute atomic E-state index is 3.51. The summed E-state index contributed by atoms with van der Waals surface area (Å²) in [7, 11) is 2.04. The minimum Gasteiger partial charge on any atom is -0.312 e. The van der Waals surface area contributed by atoms with Crippen LogP contribution in [0.4, 0.5) is 0 Å². The molecular weight excluding hydrogens is 258 g/mol. The standard InChI is InChI=1S/C11H18BrNS/c1-5-11(2,3)10(13-4)8-6-7-9(12)14-8/h6-7,10,13H,5H2,1-4H3. The number of nitrogens with one attached hydrogen (secondary N) is 1. The molecule has 0 spiro atoms. The Morgan fingerprint density at radius 3 is 2.50 bits per heavy atom. The second-order valence-corrected chi connectivity index (χ2v) is 6.70. The van der Waals surface area contributed by atoms with Crippen LogP contribution < -0.4 is 5.32 Å². The predicted molar refractivity (Wildman–Crippen MR) is 67.9 cm³/mol. The summed E-state index contributed by atoms with van der Waals surface area (Å²) in [5.41, 5.74) is 0.305. The third-order valence-electron chi connectivity index (χ3n) is 2.86. The van der Waals surface area contributed by atoms with Crippen LogP contribution in [0.2, 0.25) is 0 Å². The summed E-state index contributed by atoms with van der Waals surface area (Å²) in [6.45, 7) is 6.86. The summed E-state index contributed by atoms with van der Waals surface area (Å²) in [5.74, 6) is 0. The molecule has 0 radical (unpaired) electrons. The quantitative estimate of drug-likeness (QED) is 0.868. The molecule has 0 aliphatic rings. The highest BCUT2D eigenvalue weighted by molar-refractivity contribution is 9.11. The van der Waals surface area contributed by atoms with Crippen molar-refractivity contribution in [1.29, 1.82) is 0 Å². The van der Waals surface area contributed by atoms with Crippen molar-refractivity contribution in [2.75, 3.05) is 7.05 Å². The van der Waals surface area contributed by atoms with Crippen molar-refractivity contribution in [1.82, 2.24) is 5.32 Å². The van der Waals surface area contributed by atoms with E-state index in [9.17, 15) is 0 Å². The Hall–Kier alpha value is 0.140. The van der Waals surface area contributed by atoms with Crippen molar-refractivity contribution in [2.45, 2.75) is 33.2 Å². The minimum absolute atomic E-state index is 0.305. The van der Waals surface area contributed by atoms with Gasteiger partial charge in [-0.15, -0.1) is 11.3 Å². The summed E-state index contributed by atoms with van der Waals surface area (Å²) < 4.78 is 1.21. The molecule has 0 aromatic carbocycles. The van der Waals surface area contributed by atoms with Crippen molar-refractivity contribution < 1.29 is 0 Å². The number of hydrogen-bond donors (Lipinski definition) is 1. The van der Waals surface area contributed by atoms with E-state index in [1.165, 1.54) is 15.1 Å². The van der Waals surface area contributed by atoms with Gasteiger partial charge in [0.05, 0.1) is 3.79 Å². The van der Waals surface area contributed by atoms with Gasteiger partial charge < -0.3 is 5.32 Å². The fraction of sp³-hybridized carbons (Fsp3) is 0.636. The Kier molecular flexibility index (Phi) is 4.16. The van der Waals surface area contributed by atoms with Crippen molar-refractivity contribution in [2.24, 2.45) is 5.41 Å². The highest BCUT2D eigenvalue weighted by Crippen LogP contribution is 2.39. The smallest absolute Gasteiger partial charge is 0.0701 e. The fourth-order valence-corrected chi connectivity index (χ4v) is 3.35. The first-order valence-electron chi connectivity index (χ1n) is 4.93. The van der Waals surface area contributed by atoms with Gasteiger partial charge in [0.25, 0.3) is 0 Å². The first-order chi connectivity index (χ1) is 6.51. The van der Waals surface area contributed by atoms with Crippen LogP contribution in [0.25, 0.3) is 0 Å². The van der Waals surface area contributed by atoms with Crippen LogP contribution in [0.3, 0.4) is 0 Å². The lowest BCUT2D eigenvalue weighted by Crippen LogP contribution is -2.30. The topological polar surface area (TPSA) is 12.0 Å². The summed E-state index contributed by atoms with van der Waals surface area (Å²) >= 11 is 5.33. The zero-order valence-corrected chi connectivity index (χ0v) is 11.6. The molecule has 0 amide bonds. The molecule has 1 aromatic rings. The predicted octanol–water partition coefficient (Wildman–Crippen LogP) is 4.21. The first-order valence-corrected chi connectivity index (χ1v) is 6.54. The van der Waals surface area contributed by atoms with E-state index in [1.807, 2.05) is 18.4 Å². The summed E-state index contributed by atoms with van der Waals surface area (Å²) in [4.78, 5) is 1.41. The third-order valence-corrected chi connectivity index (χ3v) is 4.55. The Labute approximate surface area is 99.0 Å². The van der Waals surface area contributed by atoms with Gasteiger partial charge in [0, 0.05) is 10.9 Å². The molecule has 1 atom stereocenters. The van der Waals surface area contributed by atoms with Gasteiger partial charge in [-0.05, 0) is 46.9 Å². The van der Waals surface area contributed by atoms with E-state index in [-0.39, 0.29) is 0 Å². The van der Waals surface area contributed by atoms with Gasteiger partial charge in [0.15, 0.2) is 0 Å².